The Morgan fingerprint density at radius 3 is 2.75 bits per heavy atom. The van der Waals surface area contributed by atoms with Crippen molar-refractivity contribution in [2.75, 3.05) is 7.05 Å². The number of hydrogen-bond acceptors (Lipinski definition) is 1. The van der Waals surface area contributed by atoms with E-state index in [2.05, 4.69) is 18.9 Å². The van der Waals surface area contributed by atoms with E-state index >= 15 is 0 Å². The average molecular weight is 167 g/mol. The maximum Gasteiger partial charge on any atom is 0.0123 e. The van der Waals surface area contributed by atoms with Crippen molar-refractivity contribution in [3.63, 3.8) is 0 Å². The van der Waals surface area contributed by atoms with E-state index in [1.807, 2.05) is 0 Å². The number of fused-ring (bicyclic) bond motifs is 2. The zero-order chi connectivity index (χ0) is 8.55. The van der Waals surface area contributed by atoms with Gasteiger partial charge in [0.1, 0.15) is 0 Å². The molecular formula is C11H21N. The van der Waals surface area contributed by atoms with Gasteiger partial charge in [-0.05, 0) is 38.6 Å². The van der Waals surface area contributed by atoms with Crippen LogP contribution in [0.1, 0.15) is 45.4 Å². The lowest BCUT2D eigenvalue weighted by atomic mass is 9.77. The van der Waals surface area contributed by atoms with Gasteiger partial charge in [0, 0.05) is 12.1 Å². The highest BCUT2D eigenvalue weighted by atomic mass is 15.2. The minimum Gasteiger partial charge on any atom is -0.300 e. The predicted octanol–water partition coefficient (Wildman–Crippen LogP) is 2.66. The van der Waals surface area contributed by atoms with Gasteiger partial charge in [0.15, 0.2) is 0 Å². The molecule has 0 N–H and O–H groups in total. The van der Waals surface area contributed by atoms with Gasteiger partial charge in [-0.3, -0.25) is 0 Å². The Bertz CT molecular complexity index is 153. The number of piperidine rings is 2. The van der Waals surface area contributed by atoms with E-state index in [1.54, 1.807) is 0 Å². The summed E-state index contributed by atoms with van der Waals surface area (Å²) >= 11 is 0. The van der Waals surface area contributed by atoms with Crippen molar-refractivity contribution >= 4 is 0 Å². The van der Waals surface area contributed by atoms with Gasteiger partial charge in [0.2, 0.25) is 0 Å². The molecule has 12 heavy (non-hydrogen) atoms. The van der Waals surface area contributed by atoms with Crippen LogP contribution < -0.4 is 0 Å². The second kappa shape index (κ2) is 3.37. The standard InChI is InChI=1S/C11H21N/c1-3-9-7-8-10-5-4-6-11(9)12(10)2/h9-11H,3-8H2,1-2H3. The van der Waals surface area contributed by atoms with Crippen molar-refractivity contribution in [2.45, 2.75) is 57.5 Å². The van der Waals surface area contributed by atoms with Crippen molar-refractivity contribution in [3.8, 4) is 0 Å². The first kappa shape index (κ1) is 8.55. The quantitative estimate of drug-likeness (QED) is 0.580. The Kier molecular flexibility index (Phi) is 2.40. The van der Waals surface area contributed by atoms with Crippen LogP contribution in [0.25, 0.3) is 0 Å². The molecule has 2 fully saturated rings. The molecule has 1 heteroatoms. The van der Waals surface area contributed by atoms with Gasteiger partial charge in [0.25, 0.3) is 0 Å². The lowest BCUT2D eigenvalue weighted by Gasteiger charge is -2.48. The van der Waals surface area contributed by atoms with Crippen LogP contribution in [-0.4, -0.2) is 24.0 Å². The van der Waals surface area contributed by atoms with Crippen LogP contribution in [-0.2, 0) is 0 Å². The predicted molar refractivity (Wildman–Crippen MR) is 52.2 cm³/mol. The van der Waals surface area contributed by atoms with Crippen molar-refractivity contribution in [1.29, 1.82) is 0 Å². The molecule has 1 nitrogen and oxygen atoms in total. The molecule has 3 unspecified atom stereocenters. The van der Waals surface area contributed by atoms with Crippen molar-refractivity contribution < 1.29 is 0 Å². The lowest BCUT2D eigenvalue weighted by molar-refractivity contribution is 0.0222. The summed E-state index contributed by atoms with van der Waals surface area (Å²) in [6, 6.07) is 1.87. The summed E-state index contributed by atoms with van der Waals surface area (Å²) in [6.45, 7) is 2.35. The van der Waals surface area contributed by atoms with E-state index in [0.29, 0.717) is 0 Å². The molecule has 0 saturated carbocycles. The normalized spacial score (nSPS) is 43.0. The van der Waals surface area contributed by atoms with E-state index in [1.165, 1.54) is 38.5 Å². The number of nitrogens with zero attached hydrogens (tertiary/aromatic N) is 1. The fourth-order valence-corrected chi connectivity index (χ4v) is 3.23. The van der Waals surface area contributed by atoms with E-state index in [4.69, 9.17) is 0 Å². The molecule has 2 rings (SSSR count). The zero-order valence-electron chi connectivity index (χ0n) is 8.42. The molecule has 0 aromatic carbocycles. The molecule has 3 atom stereocenters. The van der Waals surface area contributed by atoms with Crippen LogP contribution >= 0.6 is 0 Å². The first-order valence-corrected chi connectivity index (χ1v) is 5.55. The largest absolute Gasteiger partial charge is 0.300 e. The van der Waals surface area contributed by atoms with Crippen molar-refractivity contribution in [2.24, 2.45) is 5.92 Å². The maximum absolute atomic E-state index is 2.67. The monoisotopic (exact) mass is 167 g/mol. The summed E-state index contributed by atoms with van der Waals surface area (Å²) < 4.78 is 0. The molecule has 0 aromatic heterocycles. The Hall–Kier alpha value is -0.0400. The van der Waals surface area contributed by atoms with E-state index < -0.39 is 0 Å². The second-order valence-corrected chi connectivity index (χ2v) is 4.56. The Morgan fingerprint density at radius 2 is 2.00 bits per heavy atom. The first-order valence-electron chi connectivity index (χ1n) is 5.55. The van der Waals surface area contributed by atoms with Gasteiger partial charge in [-0.15, -0.1) is 0 Å². The molecule has 0 radical (unpaired) electrons. The van der Waals surface area contributed by atoms with E-state index in [0.717, 1.165) is 18.0 Å². The van der Waals surface area contributed by atoms with Crippen molar-refractivity contribution in [1.82, 2.24) is 4.90 Å². The summed E-state index contributed by atoms with van der Waals surface area (Å²) in [6.07, 6.45) is 8.76. The van der Waals surface area contributed by atoms with Gasteiger partial charge in [-0.2, -0.15) is 0 Å². The van der Waals surface area contributed by atoms with Gasteiger partial charge in [-0.25, -0.2) is 0 Å². The van der Waals surface area contributed by atoms with Gasteiger partial charge in [0.05, 0.1) is 0 Å². The molecule has 2 saturated heterocycles. The third kappa shape index (κ3) is 1.28. The molecule has 2 heterocycles. The first-order chi connectivity index (χ1) is 5.83. The summed E-state index contributed by atoms with van der Waals surface area (Å²) in [7, 11) is 2.34. The van der Waals surface area contributed by atoms with Crippen LogP contribution in [0.4, 0.5) is 0 Å². The van der Waals surface area contributed by atoms with Crippen LogP contribution in [0.2, 0.25) is 0 Å². The minimum atomic E-state index is 0.933. The van der Waals surface area contributed by atoms with Crippen LogP contribution in [0.15, 0.2) is 0 Å². The lowest BCUT2D eigenvalue weighted by Crippen LogP contribution is -2.51. The Balaban J connectivity index is 2.06. The molecule has 0 aromatic rings. The molecule has 0 aliphatic carbocycles. The van der Waals surface area contributed by atoms with Crippen molar-refractivity contribution in [3.05, 3.63) is 0 Å². The highest BCUT2D eigenvalue weighted by Gasteiger charge is 2.36. The van der Waals surface area contributed by atoms with E-state index in [-0.39, 0.29) is 0 Å². The highest BCUT2D eigenvalue weighted by molar-refractivity contribution is 4.91. The molecule has 2 aliphatic rings. The average Bonchev–Trinajstić information content (AvgIpc) is 2.04. The number of rotatable bonds is 1. The molecule has 0 amide bonds. The molecule has 70 valence electrons. The molecule has 0 spiro atoms. The fourth-order valence-electron chi connectivity index (χ4n) is 3.23. The Morgan fingerprint density at radius 1 is 1.17 bits per heavy atom. The summed E-state index contributed by atoms with van der Waals surface area (Å²) in [5, 5.41) is 0. The SMILES string of the molecule is CCC1CCC2CCCC1N2C. The topological polar surface area (TPSA) is 3.24 Å². The zero-order valence-corrected chi connectivity index (χ0v) is 8.42. The summed E-state index contributed by atoms with van der Waals surface area (Å²) in [4.78, 5) is 2.67. The third-order valence-electron chi connectivity index (χ3n) is 4.08. The third-order valence-corrected chi connectivity index (χ3v) is 4.08. The number of hydrogen-bond donors (Lipinski definition) is 0. The molecule has 2 bridgehead atoms. The Labute approximate surface area is 76.1 Å². The van der Waals surface area contributed by atoms with Crippen LogP contribution in [0, 0.1) is 5.92 Å². The minimum absolute atomic E-state index is 0.933. The van der Waals surface area contributed by atoms with Crippen LogP contribution in [0.3, 0.4) is 0 Å². The van der Waals surface area contributed by atoms with E-state index in [9.17, 15) is 0 Å². The maximum atomic E-state index is 2.67. The smallest absolute Gasteiger partial charge is 0.0123 e. The fraction of sp³-hybridized carbons (Fsp3) is 1.00. The van der Waals surface area contributed by atoms with Crippen LogP contribution in [0.5, 0.6) is 0 Å². The molecular weight excluding hydrogens is 146 g/mol. The summed E-state index contributed by atoms with van der Waals surface area (Å²) in [5.41, 5.74) is 0. The second-order valence-electron chi connectivity index (χ2n) is 4.56. The summed E-state index contributed by atoms with van der Waals surface area (Å²) in [5.74, 6) is 1.01. The van der Waals surface area contributed by atoms with Gasteiger partial charge in [-0.1, -0.05) is 19.8 Å². The molecule has 2 aliphatic heterocycles. The van der Waals surface area contributed by atoms with Gasteiger partial charge >= 0.3 is 0 Å². The highest BCUT2D eigenvalue weighted by Crippen LogP contribution is 2.37. The van der Waals surface area contributed by atoms with Gasteiger partial charge < -0.3 is 4.90 Å².